The summed E-state index contributed by atoms with van der Waals surface area (Å²) < 4.78 is 6.90. The Labute approximate surface area is 105 Å². The van der Waals surface area contributed by atoms with E-state index in [9.17, 15) is 9.59 Å². The first-order valence-electron chi connectivity index (χ1n) is 6.02. The first-order chi connectivity index (χ1) is 8.60. The number of esters is 1. The molecule has 1 atom stereocenters. The summed E-state index contributed by atoms with van der Waals surface area (Å²) in [6.45, 7) is 1.73. The van der Waals surface area contributed by atoms with Gasteiger partial charge in [0.1, 0.15) is 5.76 Å². The molecule has 0 N–H and O–H groups in total. The predicted octanol–water partition coefficient (Wildman–Crippen LogP) is 1.70. The van der Waals surface area contributed by atoms with Gasteiger partial charge in [-0.2, -0.15) is 5.10 Å². The number of aromatic nitrogens is 2. The van der Waals surface area contributed by atoms with Crippen LogP contribution in [0.5, 0.6) is 0 Å². The molecule has 5 heteroatoms. The first-order valence-corrected chi connectivity index (χ1v) is 6.02. The number of ether oxygens (including phenoxy) is 1. The van der Waals surface area contributed by atoms with Crippen LogP contribution in [-0.4, -0.2) is 21.5 Å². The van der Waals surface area contributed by atoms with Crippen molar-refractivity contribution in [1.29, 1.82) is 0 Å². The standard InChI is InChI=1S/C13H16N2O3/c1-3-13(17)18-11-7-9(6-10(16)8-11)12-4-5-14-15(12)2/h4-5,8-9H,3,6-7H2,1-2H3. The molecule has 0 fully saturated rings. The maximum Gasteiger partial charge on any atom is 0.310 e. The van der Waals surface area contributed by atoms with Crippen molar-refractivity contribution in [2.75, 3.05) is 0 Å². The van der Waals surface area contributed by atoms with Gasteiger partial charge in [-0.05, 0) is 6.07 Å². The highest BCUT2D eigenvalue weighted by molar-refractivity contribution is 5.92. The molecule has 2 rings (SSSR count). The Hall–Kier alpha value is -1.91. The van der Waals surface area contributed by atoms with Crippen molar-refractivity contribution >= 4 is 11.8 Å². The molecule has 0 saturated heterocycles. The van der Waals surface area contributed by atoms with Gasteiger partial charge in [0.05, 0.1) is 0 Å². The van der Waals surface area contributed by atoms with Crippen molar-refractivity contribution in [3.05, 3.63) is 29.8 Å². The summed E-state index contributed by atoms with van der Waals surface area (Å²) in [5.74, 6) is 0.185. The van der Waals surface area contributed by atoms with Crippen LogP contribution >= 0.6 is 0 Å². The van der Waals surface area contributed by atoms with E-state index >= 15 is 0 Å². The molecule has 1 heterocycles. The Morgan fingerprint density at radius 2 is 2.33 bits per heavy atom. The van der Waals surface area contributed by atoms with E-state index < -0.39 is 0 Å². The fraction of sp³-hybridized carbons (Fsp3) is 0.462. The van der Waals surface area contributed by atoms with Crippen LogP contribution in [0, 0.1) is 0 Å². The van der Waals surface area contributed by atoms with Gasteiger partial charge in [0.2, 0.25) is 0 Å². The summed E-state index contributed by atoms with van der Waals surface area (Å²) in [5.41, 5.74) is 0.987. The molecule has 0 aliphatic heterocycles. The summed E-state index contributed by atoms with van der Waals surface area (Å²) >= 11 is 0. The Morgan fingerprint density at radius 1 is 1.56 bits per heavy atom. The zero-order valence-corrected chi connectivity index (χ0v) is 10.5. The van der Waals surface area contributed by atoms with Gasteiger partial charge in [-0.15, -0.1) is 0 Å². The lowest BCUT2D eigenvalue weighted by molar-refractivity contribution is -0.139. The normalized spacial score (nSPS) is 19.6. The quantitative estimate of drug-likeness (QED) is 0.764. The van der Waals surface area contributed by atoms with Gasteiger partial charge in [0.25, 0.3) is 0 Å². The second kappa shape index (κ2) is 5.16. The average molecular weight is 248 g/mol. The zero-order valence-electron chi connectivity index (χ0n) is 10.5. The Morgan fingerprint density at radius 3 is 2.94 bits per heavy atom. The minimum atomic E-state index is -0.306. The van der Waals surface area contributed by atoms with Crippen LogP contribution in [0.4, 0.5) is 0 Å². The lowest BCUT2D eigenvalue weighted by atomic mass is 9.89. The maximum absolute atomic E-state index is 11.7. The minimum absolute atomic E-state index is 0.00801. The van der Waals surface area contributed by atoms with Gasteiger partial charge >= 0.3 is 5.97 Å². The van der Waals surface area contributed by atoms with Gasteiger partial charge in [-0.25, -0.2) is 0 Å². The van der Waals surface area contributed by atoms with Crippen molar-refractivity contribution in [2.45, 2.75) is 32.1 Å². The molecule has 1 aliphatic rings. The molecule has 0 bridgehead atoms. The highest BCUT2D eigenvalue weighted by atomic mass is 16.5. The van der Waals surface area contributed by atoms with E-state index in [1.165, 1.54) is 6.08 Å². The Balaban J connectivity index is 2.14. The lowest BCUT2D eigenvalue weighted by Crippen LogP contribution is -2.18. The molecule has 0 amide bonds. The van der Waals surface area contributed by atoms with E-state index in [-0.39, 0.29) is 17.7 Å². The van der Waals surface area contributed by atoms with Crippen LogP contribution in [0.1, 0.15) is 37.8 Å². The largest absolute Gasteiger partial charge is 0.431 e. The summed E-state index contributed by atoms with van der Waals surface area (Å²) in [5, 5.41) is 4.10. The fourth-order valence-corrected chi connectivity index (χ4v) is 2.14. The number of rotatable bonds is 3. The number of aryl methyl sites for hydroxylation is 1. The van der Waals surface area contributed by atoms with Gasteiger partial charge in [0, 0.05) is 50.2 Å². The third kappa shape index (κ3) is 2.67. The number of hydrogen-bond donors (Lipinski definition) is 0. The molecule has 1 unspecified atom stereocenters. The molecule has 1 aromatic heterocycles. The molecule has 1 aromatic rings. The summed E-state index contributed by atoms with van der Waals surface area (Å²) in [4.78, 5) is 22.9. The lowest BCUT2D eigenvalue weighted by Gasteiger charge is -2.21. The fourth-order valence-electron chi connectivity index (χ4n) is 2.14. The average Bonchev–Trinajstić information content (AvgIpc) is 2.74. The van der Waals surface area contributed by atoms with Crippen LogP contribution in [0.3, 0.4) is 0 Å². The SMILES string of the molecule is CCC(=O)OC1=CC(=O)CC(c2ccnn2C)C1. The van der Waals surface area contributed by atoms with Crippen LogP contribution in [0.25, 0.3) is 0 Å². The topological polar surface area (TPSA) is 61.2 Å². The van der Waals surface area contributed by atoms with E-state index in [1.807, 2.05) is 13.1 Å². The number of carbonyl (C=O) groups excluding carboxylic acids is 2. The molecule has 0 radical (unpaired) electrons. The number of nitrogens with zero attached hydrogens (tertiary/aromatic N) is 2. The van der Waals surface area contributed by atoms with Crippen LogP contribution in [0.15, 0.2) is 24.1 Å². The highest BCUT2D eigenvalue weighted by Crippen LogP contribution is 2.31. The molecule has 1 aliphatic carbocycles. The Bertz CT molecular complexity index is 502. The third-order valence-corrected chi connectivity index (χ3v) is 3.03. The number of hydrogen-bond acceptors (Lipinski definition) is 4. The van der Waals surface area contributed by atoms with Crippen molar-refractivity contribution in [2.24, 2.45) is 7.05 Å². The molecule has 18 heavy (non-hydrogen) atoms. The van der Waals surface area contributed by atoms with Gasteiger partial charge in [-0.1, -0.05) is 6.92 Å². The van der Waals surface area contributed by atoms with E-state index in [0.717, 1.165) is 5.69 Å². The zero-order chi connectivity index (χ0) is 13.1. The highest BCUT2D eigenvalue weighted by Gasteiger charge is 2.26. The third-order valence-electron chi connectivity index (χ3n) is 3.03. The number of carbonyl (C=O) groups is 2. The summed E-state index contributed by atoms with van der Waals surface area (Å²) in [6, 6.07) is 1.89. The van der Waals surface area contributed by atoms with E-state index in [2.05, 4.69) is 5.10 Å². The number of ketones is 1. The van der Waals surface area contributed by atoms with E-state index in [4.69, 9.17) is 4.74 Å². The van der Waals surface area contributed by atoms with E-state index in [0.29, 0.717) is 25.0 Å². The summed E-state index contributed by atoms with van der Waals surface area (Å²) in [6.07, 6.45) is 4.45. The van der Waals surface area contributed by atoms with Gasteiger partial charge < -0.3 is 4.74 Å². The molecular formula is C13H16N2O3. The monoisotopic (exact) mass is 248 g/mol. The summed E-state index contributed by atoms with van der Waals surface area (Å²) in [7, 11) is 1.84. The van der Waals surface area contributed by atoms with Gasteiger partial charge in [0.15, 0.2) is 5.78 Å². The first kappa shape index (κ1) is 12.5. The predicted molar refractivity (Wildman–Crippen MR) is 64.7 cm³/mol. The van der Waals surface area contributed by atoms with Gasteiger partial charge in [-0.3, -0.25) is 14.3 Å². The van der Waals surface area contributed by atoms with Crippen LogP contribution in [0.2, 0.25) is 0 Å². The van der Waals surface area contributed by atoms with Crippen LogP contribution < -0.4 is 0 Å². The number of allylic oxidation sites excluding steroid dienone is 2. The molecular weight excluding hydrogens is 232 g/mol. The van der Waals surface area contributed by atoms with E-state index in [1.54, 1.807) is 17.8 Å². The molecule has 0 spiro atoms. The van der Waals surface area contributed by atoms with Crippen molar-refractivity contribution < 1.29 is 14.3 Å². The molecule has 0 aromatic carbocycles. The second-order valence-corrected chi connectivity index (χ2v) is 4.39. The molecule has 0 saturated carbocycles. The molecule has 96 valence electrons. The second-order valence-electron chi connectivity index (χ2n) is 4.39. The Kier molecular flexibility index (Phi) is 3.60. The maximum atomic E-state index is 11.7. The minimum Gasteiger partial charge on any atom is -0.431 e. The van der Waals surface area contributed by atoms with Crippen molar-refractivity contribution in [3.63, 3.8) is 0 Å². The molecule has 5 nitrogen and oxygen atoms in total. The van der Waals surface area contributed by atoms with Crippen LogP contribution in [-0.2, 0) is 21.4 Å². The smallest absolute Gasteiger partial charge is 0.310 e. The van der Waals surface area contributed by atoms with Crippen molar-refractivity contribution in [3.8, 4) is 0 Å². The van der Waals surface area contributed by atoms with Crippen molar-refractivity contribution in [1.82, 2.24) is 9.78 Å².